The zero-order valence-electron chi connectivity index (χ0n) is 35.8. The summed E-state index contributed by atoms with van der Waals surface area (Å²) in [4.78, 5) is 73.9. The van der Waals surface area contributed by atoms with Crippen molar-refractivity contribution in [2.24, 2.45) is 23.7 Å². The van der Waals surface area contributed by atoms with Gasteiger partial charge in [0, 0.05) is 41.5 Å². The molecule has 1 aromatic heterocycles. The number of carbonyl (C=O) groups is 5. The number of nitrogens with one attached hydrogen (secondary N) is 2. The molecule has 1 unspecified atom stereocenters. The highest BCUT2D eigenvalue weighted by Crippen LogP contribution is 2.37. The Morgan fingerprint density at radius 2 is 1.61 bits per heavy atom. The van der Waals surface area contributed by atoms with Crippen LogP contribution in [-0.4, -0.2) is 72.5 Å². The molecule has 2 aliphatic carbocycles. The van der Waals surface area contributed by atoms with Gasteiger partial charge in [0.25, 0.3) is 0 Å². The zero-order valence-corrected chi connectivity index (χ0v) is 35.8. The van der Waals surface area contributed by atoms with Crippen LogP contribution in [0, 0.1) is 23.7 Å². The second kappa shape index (κ2) is 20.1. The molecule has 0 bridgehead atoms. The normalized spacial score (nSPS) is 18.6. The number of ketones is 1. The number of fused-ring (bicyclic) bond motifs is 1. The summed E-state index contributed by atoms with van der Waals surface area (Å²) in [5, 5.41) is 6.51. The molecule has 12 heteroatoms. The van der Waals surface area contributed by atoms with Gasteiger partial charge >= 0.3 is 11.9 Å². The number of benzene rings is 2. The van der Waals surface area contributed by atoms with E-state index in [1.54, 1.807) is 47.8 Å². The van der Waals surface area contributed by atoms with Crippen LogP contribution < -0.4 is 20.1 Å². The van der Waals surface area contributed by atoms with E-state index in [-0.39, 0.29) is 36.0 Å². The topological polar surface area (TPSA) is 159 Å². The van der Waals surface area contributed by atoms with Crippen molar-refractivity contribution in [2.45, 2.75) is 123 Å². The van der Waals surface area contributed by atoms with Crippen molar-refractivity contribution in [1.29, 1.82) is 0 Å². The second-order valence-corrected chi connectivity index (χ2v) is 17.1. The molecule has 12 nitrogen and oxygen atoms in total. The van der Waals surface area contributed by atoms with E-state index in [1.807, 2.05) is 61.5 Å². The third-order valence-electron chi connectivity index (χ3n) is 11.1. The number of pyridine rings is 1. The summed E-state index contributed by atoms with van der Waals surface area (Å²) in [6.45, 7) is 10.9. The Bertz CT molecular complexity index is 2000. The van der Waals surface area contributed by atoms with E-state index in [1.165, 1.54) is 7.11 Å². The molecule has 2 aromatic carbocycles. The minimum absolute atomic E-state index is 0.0742. The van der Waals surface area contributed by atoms with Crippen LogP contribution >= 0.6 is 0 Å². The molecule has 5 atom stereocenters. The van der Waals surface area contributed by atoms with Crippen LogP contribution in [0.15, 0.2) is 66.2 Å². The highest BCUT2D eigenvalue weighted by molar-refractivity contribution is 6.04. The Morgan fingerprint density at radius 3 is 2.24 bits per heavy atom. The smallest absolute Gasteiger partial charge is 0.328 e. The van der Waals surface area contributed by atoms with Crippen LogP contribution in [0.25, 0.3) is 22.2 Å². The Hall–Kier alpha value is -5.26. The lowest BCUT2D eigenvalue weighted by atomic mass is 9.83. The molecule has 59 heavy (non-hydrogen) atoms. The van der Waals surface area contributed by atoms with Gasteiger partial charge in [-0.15, -0.1) is 0 Å². The van der Waals surface area contributed by atoms with Gasteiger partial charge in [0.15, 0.2) is 0 Å². The molecular weight excluding hydrogens is 751 g/mol. The van der Waals surface area contributed by atoms with Crippen molar-refractivity contribution < 1.29 is 42.9 Å². The number of methoxy groups -OCH3 is 2. The van der Waals surface area contributed by atoms with Crippen molar-refractivity contribution >= 4 is 40.4 Å². The maximum absolute atomic E-state index is 14.4. The number of hydrogen-bond acceptors (Lipinski definition) is 10. The molecule has 0 aliphatic heterocycles. The molecule has 0 spiro atoms. The number of rotatable bonds is 17. The van der Waals surface area contributed by atoms with Crippen LogP contribution in [0.4, 0.5) is 0 Å². The van der Waals surface area contributed by atoms with E-state index >= 15 is 0 Å². The molecular formula is C47H61N3O9. The van der Waals surface area contributed by atoms with E-state index in [0.29, 0.717) is 40.9 Å². The van der Waals surface area contributed by atoms with Crippen molar-refractivity contribution in [3.63, 3.8) is 0 Å². The molecule has 5 rings (SSSR count). The zero-order chi connectivity index (χ0) is 42.9. The summed E-state index contributed by atoms with van der Waals surface area (Å²) >= 11 is 0. The van der Waals surface area contributed by atoms with Gasteiger partial charge in [-0.05, 0) is 70.1 Å². The van der Waals surface area contributed by atoms with Crippen LogP contribution in [0.5, 0.6) is 11.5 Å². The minimum atomic E-state index is -1.03. The first-order chi connectivity index (χ1) is 28.1. The van der Waals surface area contributed by atoms with Gasteiger partial charge in [0.05, 0.1) is 37.3 Å². The maximum atomic E-state index is 14.4. The van der Waals surface area contributed by atoms with E-state index in [0.717, 1.165) is 37.7 Å². The van der Waals surface area contributed by atoms with Crippen LogP contribution in [-0.2, 0) is 33.4 Å². The fourth-order valence-corrected chi connectivity index (χ4v) is 8.07. The summed E-state index contributed by atoms with van der Waals surface area (Å²) in [7, 11) is 2.89. The minimum Gasteiger partial charge on any atom is -0.497 e. The number of hydrogen-bond donors (Lipinski definition) is 2. The fraction of sp³-hybridized carbons (Fsp3) is 0.532. The third kappa shape index (κ3) is 11.7. The molecule has 1 heterocycles. The predicted octanol–water partition coefficient (Wildman–Crippen LogP) is 7.70. The molecule has 0 saturated heterocycles. The predicted molar refractivity (Wildman–Crippen MR) is 225 cm³/mol. The Morgan fingerprint density at radius 1 is 0.898 bits per heavy atom. The standard InChI is InChI=1S/C47H61N3O9/c1-9-16-31(45(54)59-47(4,5)6)23-39(51)35-24-33(58-40-27-37(29-17-12-10-13-18-29)48-38-26-32(56-7)21-22-34(38)40)25-36(35)43(52)49-41(28(2)3)44(53)50-42(46(55)57-8)30-19-14-11-15-20-30/h10,12-13,17-18,21-22,25-28,30-31,33,35,41-42H,9,11,14-16,19-20,23-24H2,1-8H3,(H,49,52)(H,50,53)/t31-,33?,35+,41+,42+/m1/s1. The fourth-order valence-electron chi connectivity index (χ4n) is 8.07. The van der Waals surface area contributed by atoms with Gasteiger partial charge in [0.1, 0.15) is 41.1 Å². The molecule has 1 fully saturated rings. The highest BCUT2D eigenvalue weighted by atomic mass is 16.6. The van der Waals surface area contributed by atoms with E-state index in [9.17, 15) is 24.0 Å². The van der Waals surface area contributed by atoms with Crippen LogP contribution in [0.3, 0.4) is 0 Å². The number of Topliss-reactive ketones (excluding diaryl/α,β-unsaturated/α-hetero) is 1. The van der Waals surface area contributed by atoms with Crippen molar-refractivity contribution in [3.05, 3.63) is 66.2 Å². The Balaban J connectivity index is 1.48. The SMILES string of the molecule is CCC[C@H](CC(=O)[C@H]1CC(Oc2cc(-c3ccccc3)nc3cc(OC)ccc23)C=C1C(=O)N[C@H](C(=O)N[C@H](C(=O)OC)C1CCCCC1)C(C)C)C(=O)OC(C)(C)C. The highest BCUT2D eigenvalue weighted by Gasteiger charge is 2.41. The Kier molecular flexibility index (Phi) is 15.3. The number of amides is 2. The van der Waals surface area contributed by atoms with Crippen LogP contribution in [0.2, 0.25) is 0 Å². The average Bonchev–Trinajstić information content (AvgIpc) is 3.65. The molecule has 318 valence electrons. The number of carbonyl (C=O) groups excluding carboxylic acids is 5. The lowest BCUT2D eigenvalue weighted by Crippen LogP contribution is -2.56. The summed E-state index contributed by atoms with van der Waals surface area (Å²) < 4.78 is 23.0. The number of nitrogens with zero attached hydrogens (tertiary/aromatic N) is 1. The first-order valence-corrected chi connectivity index (χ1v) is 21.0. The van der Waals surface area contributed by atoms with Crippen LogP contribution in [0.1, 0.15) is 99.3 Å². The summed E-state index contributed by atoms with van der Waals surface area (Å²) in [5.74, 6) is -3.36. The van der Waals surface area contributed by atoms with E-state index in [4.69, 9.17) is 23.9 Å². The molecule has 2 aliphatic rings. The van der Waals surface area contributed by atoms with Gasteiger partial charge in [-0.2, -0.15) is 0 Å². The van der Waals surface area contributed by atoms with Crippen molar-refractivity contribution in [1.82, 2.24) is 15.6 Å². The first-order valence-electron chi connectivity index (χ1n) is 21.0. The molecule has 0 radical (unpaired) electrons. The lowest BCUT2D eigenvalue weighted by molar-refractivity contribution is -0.161. The molecule has 2 amide bonds. The lowest BCUT2D eigenvalue weighted by Gasteiger charge is -2.31. The van der Waals surface area contributed by atoms with E-state index < -0.39 is 59.4 Å². The van der Waals surface area contributed by atoms with Gasteiger partial charge in [-0.3, -0.25) is 19.2 Å². The second-order valence-electron chi connectivity index (χ2n) is 17.1. The molecule has 1 saturated carbocycles. The number of ether oxygens (including phenoxy) is 4. The van der Waals surface area contributed by atoms with Gasteiger partial charge in [0.2, 0.25) is 11.8 Å². The van der Waals surface area contributed by atoms with Gasteiger partial charge < -0.3 is 29.6 Å². The molecule has 3 aromatic rings. The third-order valence-corrected chi connectivity index (χ3v) is 11.1. The van der Waals surface area contributed by atoms with Gasteiger partial charge in [-0.25, -0.2) is 9.78 Å². The largest absolute Gasteiger partial charge is 0.497 e. The summed E-state index contributed by atoms with van der Waals surface area (Å²) in [5.41, 5.74) is 1.58. The van der Waals surface area contributed by atoms with Crippen molar-refractivity contribution in [3.8, 4) is 22.8 Å². The number of aromatic nitrogens is 1. The average molecular weight is 812 g/mol. The Labute approximate surface area is 348 Å². The monoisotopic (exact) mass is 811 g/mol. The maximum Gasteiger partial charge on any atom is 0.328 e. The number of esters is 2. The molecule has 2 N–H and O–H groups in total. The summed E-state index contributed by atoms with van der Waals surface area (Å²) in [6, 6.07) is 15.1. The van der Waals surface area contributed by atoms with Gasteiger partial charge in [-0.1, -0.05) is 76.8 Å². The van der Waals surface area contributed by atoms with Crippen molar-refractivity contribution in [2.75, 3.05) is 14.2 Å². The van der Waals surface area contributed by atoms with E-state index in [2.05, 4.69) is 10.6 Å². The first kappa shape index (κ1) is 44.8. The quantitative estimate of drug-likeness (QED) is 0.129. The summed E-state index contributed by atoms with van der Waals surface area (Å²) in [6.07, 6.45) is 6.55.